The quantitative estimate of drug-likeness (QED) is 0.255. The number of methoxy groups -OCH3 is 1. The van der Waals surface area contributed by atoms with E-state index in [2.05, 4.69) is 15.4 Å². The Balaban J connectivity index is 1.61. The molecule has 2 amide bonds. The minimum Gasteiger partial charge on any atom is -0.495 e. The topological polar surface area (TPSA) is 123 Å². The summed E-state index contributed by atoms with van der Waals surface area (Å²) in [5.74, 6) is 0.434. The van der Waals surface area contributed by atoms with E-state index in [-0.39, 0.29) is 20.5 Å². The maximum Gasteiger partial charge on any atom is 0.319 e. The summed E-state index contributed by atoms with van der Waals surface area (Å²) < 4.78 is 33.3. The molecule has 11 heteroatoms. The molecule has 1 atom stereocenters. The molecule has 0 heterocycles. The number of carbonyl (C=O) groups excluding carboxylic acids is 1. The Morgan fingerprint density at radius 3 is 2.14 bits per heavy atom. The Morgan fingerprint density at radius 2 is 1.57 bits per heavy atom. The maximum atomic E-state index is 12.8. The van der Waals surface area contributed by atoms with Gasteiger partial charge >= 0.3 is 6.03 Å². The van der Waals surface area contributed by atoms with E-state index in [9.17, 15) is 13.2 Å². The van der Waals surface area contributed by atoms with Gasteiger partial charge in [0.15, 0.2) is 0 Å². The molecular formula is C26H30Cl2N4O4S. The van der Waals surface area contributed by atoms with Crippen LogP contribution in [0.5, 0.6) is 5.75 Å². The molecule has 3 aromatic rings. The fourth-order valence-corrected chi connectivity index (χ4v) is 5.26. The number of amides is 2. The number of nitrogens with two attached hydrogens (primary N) is 1. The normalized spacial score (nSPS) is 12.5. The lowest BCUT2D eigenvalue weighted by Crippen LogP contribution is -2.34. The number of hydrogen-bond donors (Lipinski definition) is 4. The summed E-state index contributed by atoms with van der Waals surface area (Å²) in [6, 6.07) is 15.3. The fraction of sp³-hybridized carbons (Fsp3) is 0.269. The van der Waals surface area contributed by atoms with Crippen molar-refractivity contribution in [2.24, 2.45) is 5.73 Å². The van der Waals surface area contributed by atoms with Crippen molar-refractivity contribution >= 4 is 50.6 Å². The second-order valence-corrected chi connectivity index (χ2v) is 11.7. The average Bonchev–Trinajstić information content (AvgIpc) is 2.81. The smallest absolute Gasteiger partial charge is 0.319 e. The lowest BCUT2D eigenvalue weighted by molar-refractivity contribution is 0.249. The highest BCUT2D eigenvalue weighted by atomic mass is 35.5. The van der Waals surface area contributed by atoms with Crippen molar-refractivity contribution in [3.05, 3.63) is 81.8 Å². The third kappa shape index (κ3) is 7.75. The van der Waals surface area contributed by atoms with Crippen LogP contribution in [0.2, 0.25) is 10.0 Å². The number of ether oxygens (including phenoxy) is 1. The van der Waals surface area contributed by atoms with E-state index in [0.29, 0.717) is 29.1 Å². The van der Waals surface area contributed by atoms with Gasteiger partial charge in [-0.2, -0.15) is 0 Å². The molecular weight excluding hydrogens is 535 g/mol. The molecule has 3 aromatic carbocycles. The number of anilines is 2. The standard InChI is InChI=1S/C26H30Cl2N4O4S/c1-16(21-13-14-22(36-4)24(28)23(21)27)30-25(33)31-18-9-11-20(12-10-18)37(34,35)32-19-7-5-17(6-8-19)15-26(2,3)29/h5-14,16,32H,15,29H2,1-4H3,(H2,30,31,33). The molecule has 0 aliphatic rings. The largest absolute Gasteiger partial charge is 0.495 e. The van der Waals surface area contributed by atoms with Crippen LogP contribution in [0.4, 0.5) is 16.2 Å². The van der Waals surface area contributed by atoms with Gasteiger partial charge in [0, 0.05) is 16.9 Å². The molecule has 8 nitrogen and oxygen atoms in total. The molecule has 0 aromatic heterocycles. The SMILES string of the molecule is COc1ccc(C(C)NC(=O)Nc2ccc(S(=O)(=O)Nc3ccc(CC(C)(C)N)cc3)cc2)c(Cl)c1Cl. The molecule has 0 bridgehead atoms. The van der Waals surface area contributed by atoms with Crippen LogP contribution in [0.25, 0.3) is 0 Å². The summed E-state index contributed by atoms with van der Waals surface area (Å²) in [5.41, 5.74) is 8.16. The Morgan fingerprint density at radius 1 is 0.973 bits per heavy atom. The Kier molecular flexibility index (Phi) is 8.96. The monoisotopic (exact) mass is 564 g/mol. The van der Waals surface area contributed by atoms with E-state index in [4.69, 9.17) is 33.7 Å². The molecule has 37 heavy (non-hydrogen) atoms. The van der Waals surface area contributed by atoms with Gasteiger partial charge in [0.2, 0.25) is 0 Å². The molecule has 0 aliphatic heterocycles. The van der Waals surface area contributed by atoms with Gasteiger partial charge in [0.1, 0.15) is 10.8 Å². The van der Waals surface area contributed by atoms with Gasteiger partial charge in [0.05, 0.1) is 23.1 Å². The number of rotatable bonds is 9. The van der Waals surface area contributed by atoms with Gasteiger partial charge in [-0.25, -0.2) is 13.2 Å². The number of nitrogens with one attached hydrogen (secondary N) is 3. The zero-order valence-corrected chi connectivity index (χ0v) is 23.3. The second-order valence-electron chi connectivity index (χ2n) is 9.30. The van der Waals surface area contributed by atoms with Crippen molar-refractivity contribution in [2.45, 2.75) is 43.7 Å². The highest BCUT2D eigenvalue weighted by Gasteiger charge is 2.18. The van der Waals surface area contributed by atoms with Crippen molar-refractivity contribution in [2.75, 3.05) is 17.1 Å². The summed E-state index contributed by atoms with van der Waals surface area (Å²) in [6.45, 7) is 5.62. The zero-order chi connectivity index (χ0) is 27.4. The summed E-state index contributed by atoms with van der Waals surface area (Å²) in [6.07, 6.45) is 0.668. The third-order valence-corrected chi connectivity index (χ3v) is 7.68. The molecule has 0 saturated heterocycles. The van der Waals surface area contributed by atoms with E-state index in [1.54, 1.807) is 31.2 Å². The maximum absolute atomic E-state index is 12.8. The molecule has 0 fully saturated rings. The van der Waals surface area contributed by atoms with Crippen LogP contribution in [0.15, 0.2) is 65.6 Å². The van der Waals surface area contributed by atoms with Gasteiger partial charge in [-0.3, -0.25) is 4.72 Å². The summed E-state index contributed by atoms with van der Waals surface area (Å²) in [7, 11) is -2.33. The zero-order valence-electron chi connectivity index (χ0n) is 20.9. The van der Waals surface area contributed by atoms with Crippen LogP contribution in [0, 0.1) is 0 Å². The molecule has 1 unspecified atom stereocenters. The van der Waals surface area contributed by atoms with Gasteiger partial charge in [-0.1, -0.05) is 41.4 Å². The predicted octanol–water partition coefficient (Wildman–Crippen LogP) is 5.97. The van der Waals surface area contributed by atoms with E-state index in [1.807, 2.05) is 26.0 Å². The number of benzene rings is 3. The van der Waals surface area contributed by atoms with Crippen LogP contribution < -0.4 is 25.8 Å². The number of urea groups is 1. The van der Waals surface area contributed by atoms with Gasteiger partial charge in [-0.15, -0.1) is 0 Å². The first-order valence-electron chi connectivity index (χ1n) is 11.4. The number of halogens is 2. The average molecular weight is 566 g/mol. The second kappa shape index (κ2) is 11.6. The van der Waals surface area contributed by atoms with E-state index in [1.165, 1.54) is 31.4 Å². The highest BCUT2D eigenvalue weighted by molar-refractivity contribution is 7.92. The van der Waals surface area contributed by atoms with Crippen molar-refractivity contribution in [3.63, 3.8) is 0 Å². The number of sulfonamides is 1. The molecule has 198 valence electrons. The van der Waals surface area contributed by atoms with E-state index >= 15 is 0 Å². The lowest BCUT2D eigenvalue weighted by atomic mass is 9.96. The fourth-order valence-electron chi connectivity index (χ4n) is 3.63. The Hall–Kier alpha value is -2.98. The van der Waals surface area contributed by atoms with E-state index < -0.39 is 22.1 Å². The first-order valence-corrected chi connectivity index (χ1v) is 13.6. The van der Waals surface area contributed by atoms with Crippen LogP contribution >= 0.6 is 23.2 Å². The first-order chi connectivity index (χ1) is 17.3. The third-order valence-electron chi connectivity index (χ3n) is 5.40. The Labute approximate surface area is 227 Å². The number of carbonyl (C=O) groups is 1. The Bertz CT molecular complexity index is 1360. The molecule has 0 radical (unpaired) electrons. The molecule has 0 spiro atoms. The van der Waals surface area contributed by atoms with Gasteiger partial charge in [0.25, 0.3) is 10.0 Å². The summed E-state index contributed by atoms with van der Waals surface area (Å²) in [5, 5.41) is 6.00. The predicted molar refractivity (Wildman–Crippen MR) is 149 cm³/mol. The van der Waals surface area contributed by atoms with Crippen LogP contribution in [-0.4, -0.2) is 27.1 Å². The molecule has 0 aliphatic carbocycles. The molecule has 0 saturated carbocycles. The van der Waals surface area contributed by atoms with Crippen LogP contribution in [0.1, 0.15) is 37.9 Å². The van der Waals surface area contributed by atoms with Crippen LogP contribution in [-0.2, 0) is 16.4 Å². The first kappa shape index (κ1) is 28.6. The van der Waals surface area contributed by atoms with Gasteiger partial charge in [-0.05, 0) is 80.8 Å². The number of hydrogen-bond acceptors (Lipinski definition) is 5. The van der Waals surface area contributed by atoms with Crippen molar-refractivity contribution in [1.29, 1.82) is 0 Å². The minimum atomic E-state index is -3.82. The lowest BCUT2D eigenvalue weighted by Gasteiger charge is -2.18. The van der Waals surface area contributed by atoms with Crippen molar-refractivity contribution in [1.82, 2.24) is 5.32 Å². The highest BCUT2D eigenvalue weighted by Crippen LogP contribution is 2.37. The van der Waals surface area contributed by atoms with Crippen molar-refractivity contribution in [3.8, 4) is 5.75 Å². The van der Waals surface area contributed by atoms with Crippen LogP contribution in [0.3, 0.4) is 0 Å². The molecule has 5 N–H and O–H groups in total. The van der Waals surface area contributed by atoms with Crippen molar-refractivity contribution < 1.29 is 17.9 Å². The van der Waals surface area contributed by atoms with E-state index in [0.717, 1.165) is 5.56 Å². The summed E-state index contributed by atoms with van der Waals surface area (Å²) >= 11 is 12.5. The van der Waals surface area contributed by atoms with Gasteiger partial charge < -0.3 is 21.1 Å². The molecule has 3 rings (SSSR count). The minimum absolute atomic E-state index is 0.0543. The summed E-state index contributed by atoms with van der Waals surface area (Å²) in [4.78, 5) is 12.5.